The third kappa shape index (κ3) is 4.25. The number of carbonyl (C=O) groups is 1. The number of fused-ring (bicyclic) bond motifs is 5. The number of benzene rings is 1. The van der Waals surface area contributed by atoms with Crippen molar-refractivity contribution in [3.63, 3.8) is 0 Å². The number of piperazine rings is 1. The predicted octanol–water partition coefficient (Wildman–Crippen LogP) is 4.14. The molecular weight excluding hydrogens is 556 g/mol. The first-order valence-corrected chi connectivity index (χ1v) is 14.3. The first-order chi connectivity index (χ1) is 19.7. The highest BCUT2D eigenvalue weighted by atomic mass is 35.5. The van der Waals surface area contributed by atoms with E-state index in [2.05, 4.69) is 15.6 Å². The van der Waals surface area contributed by atoms with Crippen molar-refractivity contribution in [3.05, 3.63) is 39.8 Å². The summed E-state index contributed by atoms with van der Waals surface area (Å²) in [5.41, 5.74) is 0.928. The Morgan fingerprint density at radius 1 is 1.22 bits per heavy atom. The maximum Gasteiger partial charge on any atom is 0.301 e. The molecule has 0 radical (unpaired) electrons. The third-order valence-electron chi connectivity index (χ3n) is 8.75. The SMILES string of the molecule is CCN1C[C@H]2CC[C@@H](C1=O)N2c1ncc(Cl)c(Nc2ccc3c(c2)c2c(c(=O)n3C)OCC(F)(F)C(C3CC3)N2)n1. The van der Waals surface area contributed by atoms with Gasteiger partial charge in [0.25, 0.3) is 5.56 Å². The Balaban J connectivity index is 1.25. The number of hydrogen-bond donors (Lipinski definition) is 2. The molecule has 13 heteroatoms. The molecular formula is C28H30ClF2N7O3. The number of nitrogens with one attached hydrogen (secondary N) is 2. The lowest BCUT2D eigenvalue weighted by Gasteiger charge is -2.40. The van der Waals surface area contributed by atoms with E-state index in [1.165, 1.54) is 10.8 Å². The van der Waals surface area contributed by atoms with Gasteiger partial charge in [0, 0.05) is 31.2 Å². The third-order valence-corrected chi connectivity index (χ3v) is 9.02. The number of halogens is 3. The molecule has 0 spiro atoms. The summed E-state index contributed by atoms with van der Waals surface area (Å²) in [6.07, 6.45) is 4.54. The van der Waals surface area contributed by atoms with Crippen molar-refractivity contribution in [3.8, 4) is 5.75 Å². The Morgan fingerprint density at radius 2 is 2.02 bits per heavy atom. The second-order valence-electron chi connectivity index (χ2n) is 11.3. The van der Waals surface area contributed by atoms with Crippen molar-refractivity contribution >= 4 is 51.6 Å². The Morgan fingerprint density at radius 3 is 2.78 bits per heavy atom. The van der Waals surface area contributed by atoms with Crippen LogP contribution in [0.5, 0.6) is 5.75 Å². The molecule has 10 nitrogen and oxygen atoms in total. The molecule has 3 fully saturated rings. The highest BCUT2D eigenvalue weighted by Crippen LogP contribution is 2.46. The van der Waals surface area contributed by atoms with Gasteiger partial charge in [0.05, 0.1) is 29.5 Å². The van der Waals surface area contributed by atoms with Crippen molar-refractivity contribution in [2.24, 2.45) is 13.0 Å². The van der Waals surface area contributed by atoms with Crippen LogP contribution >= 0.6 is 11.6 Å². The summed E-state index contributed by atoms with van der Waals surface area (Å²) in [5, 5.41) is 7.07. The van der Waals surface area contributed by atoms with Crippen molar-refractivity contribution in [1.82, 2.24) is 19.4 Å². The zero-order chi connectivity index (χ0) is 28.6. The van der Waals surface area contributed by atoms with Crippen LogP contribution in [0, 0.1) is 5.92 Å². The highest BCUT2D eigenvalue weighted by molar-refractivity contribution is 6.33. The van der Waals surface area contributed by atoms with Gasteiger partial charge in [-0.05, 0) is 56.7 Å². The van der Waals surface area contributed by atoms with Gasteiger partial charge in [-0.1, -0.05) is 11.6 Å². The first kappa shape index (κ1) is 26.2. The number of hydrogen-bond acceptors (Lipinski definition) is 8. The summed E-state index contributed by atoms with van der Waals surface area (Å²) in [5.74, 6) is -2.56. The van der Waals surface area contributed by atoms with Crippen molar-refractivity contribution < 1.29 is 18.3 Å². The molecule has 2 N–H and O–H groups in total. The number of aryl methyl sites for hydroxylation is 1. The summed E-state index contributed by atoms with van der Waals surface area (Å²) < 4.78 is 36.8. The van der Waals surface area contributed by atoms with E-state index in [0.717, 1.165) is 12.8 Å². The first-order valence-electron chi connectivity index (χ1n) is 14.0. The summed E-state index contributed by atoms with van der Waals surface area (Å²) >= 11 is 6.50. The number of likely N-dealkylation sites (tertiary alicyclic amines) is 1. The normalized spacial score (nSPS) is 25.0. The molecule has 7 rings (SSSR count). The summed E-state index contributed by atoms with van der Waals surface area (Å²) in [7, 11) is 1.59. The zero-order valence-corrected chi connectivity index (χ0v) is 23.4. The van der Waals surface area contributed by atoms with E-state index in [9.17, 15) is 18.4 Å². The average Bonchev–Trinajstić information content (AvgIpc) is 3.74. The molecule has 1 unspecified atom stereocenters. The Labute approximate surface area is 239 Å². The minimum atomic E-state index is -3.12. The number of nitrogens with zero attached hydrogens (tertiary/aromatic N) is 5. The summed E-state index contributed by atoms with van der Waals surface area (Å²) in [6, 6.07) is 3.99. The van der Waals surface area contributed by atoms with Crippen molar-refractivity contribution in [1.29, 1.82) is 0 Å². The fraction of sp³-hybridized carbons (Fsp3) is 0.500. The van der Waals surface area contributed by atoms with E-state index in [1.807, 2.05) is 16.7 Å². The second-order valence-corrected chi connectivity index (χ2v) is 11.7. The maximum atomic E-state index is 15.0. The van der Waals surface area contributed by atoms with Crippen LogP contribution in [0.1, 0.15) is 32.6 Å². The van der Waals surface area contributed by atoms with E-state index in [-0.39, 0.29) is 40.4 Å². The molecule has 2 saturated heterocycles. The topological polar surface area (TPSA) is 105 Å². The van der Waals surface area contributed by atoms with E-state index in [0.29, 0.717) is 54.3 Å². The van der Waals surface area contributed by atoms with Crippen LogP contribution in [0.15, 0.2) is 29.2 Å². The lowest BCUT2D eigenvalue weighted by molar-refractivity contribution is -0.133. The van der Waals surface area contributed by atoms with E-state index in [1.54, 1.807) is 25.2 Å². The molecule has 1 aromatic carbocycles. The molecule has 5 heterocycles. The van der Waals surface area contributed by atoms with Gasteiger partial charge in [0.1, 0.15) is 11.1 Å². The van der Waals surface area contributed by atoms with Crippen LogP contribution in [0.2, 0.25) is 5.02 Å². The van der Waals surface area contributed by atoms with Crippen LogP contribution in [0.4, 0.5) is 31.9 Å². The number of carbonyl (C=O) groups excluding carboxylic acids is 1. The molecule has 4 aliphatic rings. The van der Waals surface area contributed by atoms with Crippen molar-refractivity contribution in [2.75, 3.05) is 35.2 Å². The number of amides is 1. The molecule has 1 saturated carbocycles. The Bertz CT molecular complexity index is 1630. The molecule has 3 aliphatic heterocycles. The lowest BCUT2D eigenvalue weighted by atomic mass is 10.0. The van der Waals surface area contributed by atoms with E-state index < -0.39 is 24.1 Å². The minimum Gasteiger partial charge on any atom is -0.480 e. The van der Waals surface area contributed by atoms with Crippen molar-refractivity contribution in [2.45, 2.75) is 56.7 Å². The number of likely N-dealkylation sites (N-methyl/N-ethyl adjacent to an activating group) is 1. The quantitative estimate of drug-likeness (QED) is 0.460. The molecule has 2 bridgehead atoms. The number of aromatic nitrogens is 3. The number of alkyl halides is 2. The van der Waals surface area contributed by atoms with Gasteiger partial charge in [0.2, 0.25) is 17.6 Å². The van der Waals surface area contributed by atoms with Gasteiger partial charge in [-0.15, -0.1) is 0 Å². The summed E-state index contributed by atoms with van der Waals surface area (Å²) in [6.45, 7) is 2.42. The Kier molecular flexibility index (Phi) is 6.04. The van der Waals surface area contributed by atoms with Crippen LogP contribution in [-0.2, 0) is 11.8 Å². The average molecular weight is 586 g/mol. The molecule has 1 amide bonds. The second kappa shape index (κ2) is 9.43. The molecule has 2 aromatic heterocycles. The smallest absolute Gasteiger partial charge is 0.301 e. The Hall–Kier alpha value is -3.67. The largest absolute Gasteiger partial charge is 0.480 e. The number of pyridine rings is 1. The van der Waals surface area contributed by atoms with Gasteiger partial charge < -0.3 is 29.7 Å². The zero-order valence-electron chi connectivity index (χ0n) is 22.7. The van der Waals surface area contributed by atoms with Gasteiger partial charge in [-0.2, -0.15) is 4.98 Å². The standard InChI is InChI=1S/C28H30ClF2N7O3/c1-3-37-12-16-7-9-20(25(37)39)38(16)27-32-11-18(29)24(35-27)33-15-6-8-19-17(10-15)21-22(26(40)36(19)2)41-13-28(30,31)23(34-21)14-4-5-14/h6,8,10-11,14,16,20,23,34H,3-5,7,9,12-13H2,1-2H3,(H,32,33,35)/t16-,20+,23?/m1/s1. The molecule has 3 aromatic rings. The van der Waals surface area contributed by atoms with Crippen LogP contribution in [0.25, 0.3) is 10.9 Å². The molecule has 41 heavy (non-hydrogen) atoms. The van der Waals surface area contributed by atoms with Crippen LogP contribution < -0.4 is 25.8 Å². The monoisotopic (exact) mass is 585 g/mol. The van der Waals surface area contributed by atoms with Gasteiger partial charge in [-0.25, -0.2) is 13.8 Å². The molecule has 3 atom stereocenters. The van der Waals surface area contributed by atoms with Gasteiger partial charge in [-0.3, -0.25) is 9.59 Å². The van der Waals surface area contributed by atoms with Crippen LogP contribution in [-0.4, -0.2) is 69.1 Å². The fourth-order valence-electron chi connectivity index (χ4n) is 6.44. The van der Waals surface area contributed by atoms with E-state index >= 15 is 0 Å². The lowest BCUT2D eigenvalue weighted by Crippen LogP contribution is -2.57. The maximum absolute atomic E-state index is 15.0. The van der Waals surface area contributed by atoms with Crippen LogP contribution in [0.3, 0.4) is 0 Å². The summed E-state index contributed by atoms with van der Waals surface area (Å²) in [4.78, 5) is 39.1. The number of ether oxygens (including phenoxy) is 1. The fourth-order valence-corrected chi connectivity index (χ4v) is 6.58. The highest BCUT2D eigenvalue weighted by Gasteiger charge is 2.51. The number of rotatable bonds is 5. The molecule has 1 aliphatic carbocycles. The van der Waals surface area contributed by atoms with Gasteiger partial charge >= 0.3 is 5.92 Å². The van der Waals surface area contributed by atoms with E-state index in [4.69, 9.17) is 21.3 Å². The minimum absolute atomic E-state index is 0.0833. The molecule has 216 valence electrons. The van der Waals surface area contributed by atoms with Gasteiger partial charge in [0.15, 0.2) is 12.4 Å². The number of anilines is 4. The predicted molar refractivity (Wildman–Crippen MR) is 152 cm³/mol.